The van der Waals surface area contributed by atoms with E-state index in [1.165, 1.54) is 18.4 Å². The Labute approximate surface area is 249 Å². The lowest BCUT2D eigenvalue weighted by Crippen LogP contribution is -2.52. The van der Waals surface area contributed by atoms with Gasteiger partial charge in [0.2, 0.25) is 5.91 Å². The number of anilines is 2. The molecule has 0 radical (unpaired) electrons. The highest BCUT2D eigenvalue weighted by Gasteiger charge is 2.35. The Morgan fingerprint density at radius 1 is 1.05 bits per heavy atom. The second-order valence-electron chi connectivity index (χ2n) is 11.1. The van der Waals surface area contributed by atoms with Crippen LogP contribution in [-0.4, -0.2) is 82.8 Å². The maximum absolute atomic E-state index is 13.4. The third kappa shape index (κ3) is 7.53. The van der Waals surface area contributed by atoms with E-state index in [1.807, 2.05) is 44.1 Å². The molecule has 10 heteroatoms. The molecule has 2 amide bonds. The Balaban J connectivity index is 1.50. The molecular weight excluding hydrogens is 534 g/mol. The van der Waals surface area contributed by atoms with Gasteiger partial charge in [-0.3, -0.25) is 9.79 Å². The van der Waals surface area contributed by atoms with Crippen LogP contribution >= 0.6 is 0 Å². The van der Waals surface area contributed by atoms with E-state index in [-0.39, 0.29) is 23.9 Å². The van der Waals surface area contributed by atoms with Gasteiger partial charge in [-0.1, -0.05) is 19.9 Å². The van der Waals surface area contributed by atoms with Gasteiger partial charge in [-0.05, 0) is 73.6 Å². The Morgan fingerprint density at radius 3 is 2.50 bits per heavy atom. The van der Waals surface area contributed by atoms with Crippen molar-refractivity contribution in [2.24, 2.45) is 10.9 Å². The molecule has 10 nitrogen and oxygen atoms in total. The number of likely N-dealkylation sites (tertiary alicyclic amines) is 1. The Bertz CT molecular complexity index is 1220. The molecule has 42 heavy (non-hydrogen) atoms. The largest absolute Gasteiger partial charge is 0.491 e. The van der Waals surface area contributed by atoms with Gasteiger partial charge in [0.15, 0.2) is 0 Å². The fraction of sp³-hybridized carbons (Fsp3) is 0.531. The maximum atomic E-state index is 13.4. The first-order valence-electron chi connectivity index (χ1n) is 14.9. The monoisotopic (exact) mass is 579 g/mol. The lowest BCUT2D eigenvalue weighted by Gasteiger charge is -2.29. The average Bonchev–Trinajstić information content (AvgIpc) is 3.69. The molecule has 0 aliphatic carbocycles. The SMILES string of the molecule is CNc1ccc([C@H]2CCCN2c2ccc(OCCOC)cc2)cc1/N=C/[C@@H]1CCCN1C(=O)[C@@H](NC(=O)OC)C(C)C. The Hall–Kier alpha value is -3.79. The van der Waals surface area contributed by atoms with Gasteiger partial charge < -0.3 is 34.6 Å². The van der Waals surface area contributed by atoms with Crippen LogP contribution < -0.4 is 20.3 Å². The summed E-state index contributed by atoms with van der Waals surface area (Å²) in [5.41, 5.74) is 4.15. The van der Waals surface area contributed by atoms with Gasteiger partial charge in [0.05, 0.1) is 37.2 Å². The summed E-state index contributed by atoms with van der Waals surface area (Å²) in [6.45, 7) is 6.53. The van der Waals surface area contributed by atoms with Crippen LogP contribution in [0.4, 0.5) is 21.9 Å². The summed E-state index contributed by atoms with van der Waals surface area (Å²) >= 11 is 0. The van der Waals surface area contributed by atoms with E-state index in [4.69, 9.17) is 19.2 Å². The van der Waals surface area contributed by atoms with Crippen molar-refractivity contribution < 1.29 is 23.8 Å². The third-order valence-corrected chi connectivity index (χ3v) is 8.01. The minimum atomic E-state index is -0.651. The number of methoxy groups -OCH3 is 2. The highest BCUT2D eigenvalue weighted by molar-refractivity contribution is 5.89. The van der Waals surface area contributed by atoms with E-state index in [1.54, 1.807) is 7.11 Å². The molecule has 2 heterocycles. The molecule has 3 atom stereocenters. The van der Waals surface area contributed by atoms with Crippen LogP contribution in [0.15, 0.2) is 47.5 Å². The maximum Gasteiger partial charge on any atom is 0.407 e. The lowest BCUT2D eigenvalue weighted by molar-refractivity contribution is -0.134. The van der Waals surface area contributed by atoms with Crippen LogP contribution in [-0.2, 0) is 14.3 Å². The van der Waals surface area contributed by atoms with Crippen LogP contribution in [0.5, 0.6) is 5.75 Å². The lowest BCUT2D eigenvalue weighted by atomic mass is 10.0. The van der Waals surface area contributed by atoms with Gasteiger partial charge in [-0.2, -0.15) is 0 Å². The first kappa shape index (κ1) is 31.2. The number of alkyl carbamates (subject to hydrolysis) is 1. The number of nitrogens with zero attached hydrogens (tertiary/aromatic N) is 3. The number of ether oxygens (including phenoxy) is 3. The van der Waals surface area contributed by atoms with Crippen molar-refractivity contribution in [2.45, 2.75) is 57.7 Å². The zero-order valence-corrected chi connectivity index (χ0v) is 25.5. The molecule has 0 aromatic heterocycles. The number of hydrogen-bond donors (Lipinski definition) is 2. The molecule has 0 unspecified atom stereocenters. The molecule has 228 valence electrons. The number of carbonyl (C=O) groups is 2. The zero-order chi connectivity index (χ0) is 30.1. The van der Waals surface area contributed by atoms with Crippen LogP contribution in [0.3, 0.4) is 0 Å². The number of carbonyl (C=O) groups excluding carboxylic acids is 2. The van der Waals surface area contributed by atoms with Gasteiger partial charge in [0.1, 0.15) is 18.4 Å². The van der Waals surface area contributed by atoms with E-state index in [0.717, 1.165) is 49.4 Å². The standard InChI is InChI=1S/C32H45N5O5/c1-22(2)30(35-32(39)41-5)31(38)37-17-6-8-25(37)21-34-28-20-23(10-15-27(28)33-3)29-9-7-16-36(29)24-11-13-26(14-12-24)42-19-18-40-4/h10-15,20-22,25,29-30,33H,6-9,16-19H2,1-5H3,(H,35,39)/b34-21+/t25-,29+,30-/m0/s1. The molecule has 2 saturated heterocycles. The zero-order valence-electron chi connectivity index (χ0n) is 25.5. The summed E-state index contributed by atoms with van der Waals surface area (Å²) in [4.78, 5) is 34.5. The minimum Gasteiger partial charge on any atom is -0.491 e. The number of nitrogens with one attached hydrogen (secondary N) is 2. The van der Waals surface area contributed by atoms with Crippen LogP contribution in [0, 0.1) is 5.92 Å². The van der Waals surface area contributed by atoms with Gasteiger partial charge >= 0.3 is 6.09 Å². The van der Waals surface area contributed by atoms with Gasteiger partial charge in [0, 0.05) is 39.1 Å². The van der Waals surface area contributed by atoms with Gasteiger partial charge in [-0.25, -0.2) is 4.79 Å². The van der Waals surface area contributed by atoms with Crippen molar-refractivity contribution in [3.8, 4) is 5.75 Å². The first-order valence-corrected chi connectivity index (χ1v) is 14.9. The van der Waals surface area contributed by atoms with Gasteiger partial charge in [-0.15, -0.1) is 0 Å². The highest BCUT2D eigenvalue weighted by Crippen LogP contribution is 2.39. The van der Waals surface area contributed by atoms with Crippen molar-refractivity contribution in [2.75, 3.05) is 57.8 Å². The molecule has 0 bridgehead atoms. The third-order valence-electron chi connectivity index (χ3n) is 8.01. The smallest absolute Gasteiger partial charge is 0.407 e. The topological polar surface area (TPSA) is 105 Å². The normalized spacial score (nSPS) is 19.4. The van der Waals surface area contributed by atoms with Crippen LogP contribution in [0.25, 0.3) is 0 Å². The van der Waals surface area contributed by atoms with E-state index >= 15 is 0 Å². The quantitative estimate of drug-likeness (QED) is 0.264. The number of benzene rings is 2. The molecule has 2 aromatic carbocycles. The number of amides is 2. The summed E-state index contributed by atoms with van der Waals surface area (Å²) in [6.07, 6.45) is 5.16. The van der Waals surface area contributed by atoms with Crippen LogP contribution in [0.1, 0.15) is 51.1 Å². The van der Waals surface area contributed by atoms with E-state index in [2.05, 4.69) is 45.9 Å². The highest BCUT2D eigenvalue weighted by atomic mass is 16.5. The van der Waals surface area contributed by atoms with Crippen LogP contribution in [0.2, 0.25) is 0 Å². The average molecular weight is 580 g/mol. The summed E-state index contributed by atoms with van der Waals surface area (Å²) < 4.78 is 15.6. The number of rotatable bonds is 12. The minimum absolute atomic E-state index is 0.0730. The molecule has 0 spiro atoms. The summed E-state index contributed by atoms with van der Waals surface area (Å²) in [5.74, 6) is 0.654. The Morgan fingerprint density at radius 2 is 1.81 bits per heavy atom. The van der Waals surface area contributed by atoms with Crippen molar-refractivity contribution in [1.29, 1.82) is 0 Å². The number of hydrogen-bond acceptors (Lipinski definition) is 8. The predicted molar refractivity (Wildman–Crippen MR) is 166 cm³/mol. The van der Waals surface area contributed by atoms with Crippen molar-refractivity contribution >= 4 is 35.3 Å². The molecule has 2 fully saturated rings. The molecule has 2 aromatic rings. The summed E-state index contributed by atoms with van der Waals surface area (Å²) in [5, 5.41) is 5.96. The van der Waals surface area contributed by atoms with E-state index in [0.29, 0.717) is 19.8 Å². The molecule has 2 aliphatic heterocycles. The fourth-order valence-electron chi connectivity index (χ4n) is 5.74. The van der Waals surface area contributed by atoms with Gasteiger partial charge in [0.25, 0.3) is 0 Å². The van der Waals surface area contributed by atoms with Crippen molar-refractivity contribution in [3.05, 3.63) is 48.0 Å². The second-order valence-corrected chi connectivity index (χ2v) is 11.1. The summed E-state index contributed by atoms with van der Waals surface area (Å²) in [6, 6.07) is 14.1. The molecular formula is C32H45N5O5. The molecule has 2 N–H and O–H groups in total. The Kier molecular flexibility index (Phi) is 11.1. The van der Waals surface area contributed by atoms with E-state index < -0.39 is 12.1 Å². The second kappa shape index (κ2) is 14.9. The molecule has 2 aliphatic rings. The fourth-order valence-corrected chi connectivity index (χ4v) is 5.74. The molecule has 4 rings (SSSR count). The number of aliphatic imine (C=N–C) groups is 1. The first-order chi connectivity index (χ1) is 20.4. The van der Waals surface area contributed by atoms with Crippen molar-refractivity contribution in [1.82, 2.24) is 10.2 Å². The van der Waals surface area contributed by atoms with E-state index in [9.17, 15) is 9.59 Å². The predicted octanol–water partition coefficient (Wildman–Crippen LogP) is 5.17. The molecule has 0 saturated carbocycles. The van der Waals surface area contributed by atoms with Crippen molar-refractivity contribution in [3.63, 3.8) is 0 Å². The summed E-state index contributed by atoms with van der Waals surface area (Å²) in [7, 11) is 4.86.